The van der Waals surface area contributed by atoms with Crippen LogP contribution in [0.3, 0.4) is 0 Å². The Bertz CT molecular complexity index is 717. The number of hydrogen-bond acceptors (Lipinski definition) is 6. The third-order valence-electron chi connectivity index (χ3n) is 4.06. The minimum absolute atomic E-state index is 0.0167. The molecule has 1 amide bonds. The fourth-order valence-electron chi connectivity index (χ4n) is 2.33. The molecule has 0 aliphatic carbocycles. The number of ether oxygens (including phenoxy) is 1. The molecule has 1 saturated heterocycles. The van der Waals surface area contributed by atoms with E-state index in [0.717, 1.165) is 16.6 Å². The van der Waals surface area contributed by atoms with E-state index in [1.165, 1.54) is 14.1 Å². The van der Waals surface area contributed by atoms with Crippen LogP contribution in [-0.2, 0) is 19.6 Å². The van der Waals surface area contributed by atoms with Gasteiger partial charge in [-0.15, -0.1) is 0 Å². The molecule has 0 atom stereocenters. The lowest BCUT2D eigenvalue weighted by Gasteiger charge is -2.33. The number of sulfonamides is 1. The summed E-state index contributed by atoms with van der Waals surface area (Å²) in [5.74, 6) is -1.58. The van der Waals surface area contributed by atoms with Crippen molar-refractivity contribution in [1.29, 1.82) is 0 Å². The maximum atomic E-state index is 12.2. The van der Waals surface area contributed by atoms with Gasteiger partial charge in [0.2, 0.25) is 5.09 Å². The van der Waals surface area contributed by atoms with E-state index < -0.39 is 27.3 Å². The highest BCUT2D eigenvalue weighted by molar-refractivity contribution is 7.88. The van der Waals surface area contributed by atoms with Gasteiger partial charge in [0.25, 0.3) is 15.9 Å². The highest BCUT2D eigenvalue weighted by Crippen LogP contribution is 2.30. The van der Waals surface area contributed by atoms with Crippen molar-refractivity contribution in [2.24, 2.45) is 5.41 Å². The van der Waals surface area contributed by atoms with Gasteiger partial charge < -0.3 is 19.6 Å². The van der Waals surface area contributed by atoms with Gasteiger partial charge in [0, 0.05) is 39.9 Å². The van der Waals surface area contributed by atoms with Crippen molar-refractivity contribution in [3.8, 4) is 0 Å². The molecule has 9 nitrogen and oxygen atoms in total. The molecule has 2 heterocycles. The van der Waals surface area contributed by atoms with Crippen LogP contribution in [0.15, 0.2) is 21.8 Å². The minimum atomic E-state index is -3.77. The Morgan fingerprint density at radius 3 is 2.50 bits per heavy atom. The van der Waals surface area contributed by atoms with Crippen LogP contribution in [0.4, 0.5) is 0 Å². The summed E-state index contributed by atoms with van der Waals surface area (Å²) < 4.78 is 34.9. The topological polar surface area (TPSA) is 126 Å². The fourth-order valence-corrected chi connectivity index (χ4v) is 3.14. The molecule has 0 aromatic carbocycles. The molecular weight excluding hydrogens is 340 g/mol. The van der Waals surface area contributed by atoms with Gasteiger partial charge in [-0.1, -0.05) is 0 Å². The first kappa shape index (κ1) is 18.4. The molecule has 0 saturated carbocycles. The number of carbonyl (C=O) groups is 2. The van der Waals surface area contributed by atoms with Crippen LogP contribution < -0.4 is 5.32 Å². The molecule has 0 bridgehead atoms. The molecule has 24 heavy (non-hydrogen) atoms. The summed E-state index contributed by atoms with van der Waals surface area (Å²) in [6.07, 6.45) is 1.63. The molecule has 1 fully saturated rings. The molecule has 1 aromatic rings. The van der Waals surface area contributed by atoms with Crippen LogP contribution >= 0.6 is 0 Å². The van der Waals surface area contributed by atoms with E-state index in [1.54, 1.807) is 0 Å². The lowest BCUT2D eigenvalue weighted by atomic mass is 9.80. The molecule has 134 valence electrons. The van der Waals surface area contributed by atoms with Gasteiger partial charge in [-0.25, -0.2) is 12.7 Å². The standard InChI is InChI=1S/C14H20N2O7S/c1-16(2)24(20,21)11-7-10(8-23-11)12(17)15-9-14(13(18)19)3-5-22-6-4-14/h7-8H,3-6,9H2,1-2H3,(H,15,17)(H,18,19). The van der Waals surface area contributed by atoms with Crippen LogP contribution in [0.25, 0.3) is 0 Å². The second-order valence-electron chi connectivity index (χ2n) is 5.82. The van der Waals surface area contributed by atoms with E-state index in [0.29, 0.717) is 26.1 Å². The van der Waals surface area contributed by atoms with Crippen molar-refractivity contribution in [2.75, 3.05) is 33.9 Å². The maximum Gasteiger partial charge on any atom is 0.311 e. The Labute approximate surface area is 139 Å². The van der Waals surface area contributed by atoms with Gasteiger partial charge in [0.05, 0.1) is 11.0 Å². The second kappa shape index (κ2) is 6.91. The average Bonchev–Trinajstić information content (AvgIpc) is 3.04. The Kier molecular flexibility index (Phi) is 5.31. The maximum absolute atomic E-state index is 12.2. The number of nitrogens with zero attached hydrogens (tertiary/aromatic N) is 1. The van der Waals surface area contributed by atoms with E-state index in [4.69, 9.17) is 9.15 Å². The Hall–Kier alpha value is -1.91. The normalized spacial score (nSPS) is 17.6. The molecule has 0 spiro atoms. The third-order valence-corrected chi connectivity index (χ3v) is 5.75. The van der Waals surface area contributed by atoms with Gasteiger partial charge in [-0.2, -0.15) is 0 Å². The highest BCUT2D eigenvalue weighted by atomic mass is 32.2. The molecule has 1 aliphatic rings. The Balaban J connectivity index is 2.08. The largest absolute Gasteiger partial charge is 0.481 e. The number of carboxylic acids is 1. The zero-order valence-corrected chi connectivity index (χ0v) is 14.3. The van der Waals surface area contributed by atoms with Crippen LogP contribution in [0.2, 0.25) is 0 Å². The molecule has 2 rings (SSSR count). The third kappa shape index (κ3) is 3.60. The molecule has 10 heteroatoms. The summed E-state index contributed by atoms with van der Waals surface area (Å²) in [7, 11) is -1.08. The van der Waals surface area contributed by atoms with Crippen LogP contribution in [-0.4, -0.2) is 63.6 Å². The van der Waals surface area contributed by atoms with Crippen molar-refractivity contribution in [2.45, 2.75) is 17.9 Å². The SMILES string of the molecule is CN(C)S(=O)(=O)c1cc(C(=O)NCC2(C(=O)O)CCOCC2)co1. The van der Waals surface area contributed by atoms with E-state index >= 15 is 0 Å². The average molecular weight is 360 g/mol. The zero-order valence-electron chi connectivity index (χ0n) is 13.4. The lowest BCUT2D eigenvalue weighted by Crippen LogP contribution is -2.46. The first-order valence-electron chi connectivity index (χ1n) is 7.29. The molecule has 1 aliphatic heterocycles. The van der Waals surface area contributed by atoms with Crippen molar-refractivity contribution in [1.82, 2.24) is 9.62 Å². The number of amides is 1. The van der Waals surface area contributed by atoms with Crippen LogP contribution in [0.5, 0.6) is 0 Å². The molecule has 0 unspecified atom stereocenters. The molecule has 1 aromatic heterocycles. The predicted octanol–water partition coefficient (Wildman–Crippen LogP) is 0.141. The summed E-state index contributed by atoms with van der Waals surface area (Å²) in [5, 5.41) is 11.6. The van der Waals surface area contributed by atoms with Crippen molar-refractivity contribution >= 4 is 21.9 Å². The Morgan fingerprint density at radius 2 is 1.96 bits per heavy atom. The van der Waals surface area contributed by atoms with E-state index in [9.17, 15) is 23.1 Å². The first-order valence-corrected chi connectivity index (χ1v) is 8.73. The van der Waals surface area contributed by atoms with Crippen molar-refractivity contribution in [3.63, 3.8) is 0 Å². The number of carbonyl (C=O) groups excluding carboxylic acids is 1. The van der Waals surface area contributed by atoms with Crippen molar-refractivity contribution < 1.29 is 32.3 Å². The molecule has 2 N–H and O–H groups in total. The Morgan fingerprint density at radius 1 is 1.33 bits per heavy atom. The zero-order chi connectivity index (χ0) is 18.0. The number of furan rings is 1. The van der Waals surface area contributed by atoms with Gasteiger partial charge in [-0.3, -0.25) is 9.59 Å². The van der Waals surface area contributed by atoms with E-state index in [-0.39, 0.29) is 17.2 Å². The smallest absolute Gasteiger partial charge is 0.311 e. The van der Waals surface area contributed by atoms with Crippen LogP contribution in [0.1, 0.15) is 23.2 Å². The summed E-state index contributed by atoms with van der Waals surface area (Å²) in [4.78, 5) is 23.7. The summed E-state index contributed by atoms with van der Waals surface area (Å²) in [5.41, 5.74) is -1.06. The predicted molar refractivity (Wildman–Crippen MR) is 82.0 cm³/mol. The fraction of sp³-hybridized carbons (Fsp3) is 0.571. The second-order valence-corrected chi connectivity index (χ2v) is 7.91. The van der Waals surface area contributed by atoms with Gasteiger partial charge in [0.1, 0.15) is 6.26 Å². The van der Waals surface area contributed by atoms with Gasteiger partial charge in [-0.05, 0) is 12.8 Å². The quantitative estimate of drug-likeness (QED) is 0.739. The van der Waals surface area contributed by atoms with Crippen LogP contribution in [0, 0.1) is 5.41 Å². The van der Waals surface area contributed by atoms with E-state index in [1.807, 2.05) is 0 Å². The van der Waals surface area contributed by atoms with Gasteiger partial charge >= 0.3 is 5.97 Å². The summed E-state index contributed by atoms with van der Waals surface area (Å²) in [6, 6.07) is 1.11. The summed E-state index contributed by atoms with van der Waals surface area (Å²) >= 11 is 0. The first-order chi connectivity index (χ1) is 11.2. The molecule has 0 radical (unpaired) electrons. The number of aliphatic carboxylic acids is 1. The number of nitrogens with one attached hydrogen (secondary N) is 1. The lowest BCUT2D eigenvalue weighted by molar-refractivity contribution is -0.154. The number of rotatable bonds is 6. The monoisotopic (exact) mass is 360 g/mol. The van der Waals surface area contributed by atoms with Gasteiger partial charge in [0.15, 0.2) is 0 Å². The minimum Gasteiger partial charge on any atom is -0.481 e. The highest BCUT2D eigenvalue weighted by Gasteiger charge is 2.40. The number of hydrogen-bond donors (Lipinski definition) is 2. The van der Waals surface area contributed by atoms with E-state index in [2.05, 4.69) is 5.32 Å². The van der Waals surface area contributed by atoms with Crippen molar-refractivity contribution in [3.05, 3.63) is 17.9 Å². The summed E-state index contributed by atoms with van der Waals surface area (Å²) in [6.45, 7) is 0.573. The number of carboxylic acid groups (broad SMARTS) is 1. The molecular formula is C14H20N2O7S.